The van der Waals surface area contributed by atoms with Crippen molar-refractivity contribution in [1.29, 1.82) is 5.26 Å². The van der Waals surface area contributed by atoms with E-state index in [-0.39, 0.29) is 12.5 Å². The van der Waals surface area contributed by atoms with Crippen LogP contribution < -0.4 is 5.32 Å². The van der Waals surface area contributed by atoms with Gasteiger partial charge in [0.1, 0.15) is 6.07 Å². The first kappa shape index (κ1) is 12.7. The molecule has 0 saturated carbocycles. The zero-order chi connectivity index (χ0) is 12.8. The number of carbonyl (C=O) groups excluding carboxylic acids is 2. The third kappa shape index (κ3) is 3.61. The van der Waals surface area contributed by atoms with E-state index in [1.54, 1.807) is 18.2 Å². The van der Waals surface area contributed by atoms with Crippen molar-refractivity contribution < 1.29 is 14.3 Å². The fourth-order valence-electron chi connectivity index (χ4n) is 1.25. The fourth-order valence-corrected chi connectivity index (χ4v) is 1.25. The van der Waals surface area contributed by atoms with Crippen LogP contribution in [-0.4, -0.2) is 18.5 Å². The van der Waals surface area contributed by atoms with Gasteiger partial charge in [0.15, 0.2) is 6.61 Å². The molecule has 0 aromatic heterocycles. The van der Waals surface area contributed by atoms with E-state index in [2.05, 4.69) is 10.1 Å². The average molecular weight is 232 g/mol. The second-order valence-corrected chi connectivity index (χ2v) is 3.45. The Morgan fingerprint density at radius 3 is 2.76 bits per heavy atom. The molecule has 0 unspecified atom stereocenters. The van der Waals surface area contributed by atoms with Crippen LogP contribution in [0.4, 0.5) is 5.69 Å². The highest BCUT2D eigenvalue weighted by Gasteiger charge is 2.09. The number of aryl methyl sites for hydroxylation is 1. The van der Waals surface area contributed by atoms with Crippen molar-refractivity contribution in [1.82, 2.24) is 0 Å². The van der Waals surface area contributed by atoms with Gasteiger partial charge in [0.25, 0.3) is 0 Å². The highest BCUT2D eigenvalue weighted by Crippen LogP contribution is 2.17. The fraction of sp³-hybridized carbons (Fsp3) is 0.250. The van der Waals surface area contributed by atoms with Gasteiger partial charge in [-0.15, -0.1) is 0 Å². The summed E-state index contributed by atoms with van der Waals surface area (Å²) in [5.74, 6) is -0.797. The first-order valence-corrected chi connectivity index (χ1v) is 4.97. The number of carbonyl (C=O) groups is 2. The Balaban J connectivity index is 2.92. The summed E-state index contributed by atoms with van der Waals surface area (Å²) in [6.45, 7) is 2.91. The minimum absolute atomic E-state index is 0.212. The maximum absolute atomic E-state index is 11.5. The summed E-state index contributed by atoms with van der Waals surface area (Å²) in [7, 11) is 0. The lowest BCUT2D eigenvalue weighted by molar-refractivity contribution is -0.114. The van der Waals surface area contributed by atoms with Crippen molar-refractivity contribution in [2.75, 3.05) is 11.9 Å². The lowest BCUT2D eigenvalue weighted by Crippen LogP contribution is -2.10. The summed E-state index contributed by atoms with van der Waals surface area (Å²) in [4.78, 5) is 22.4. The molecular weight excluding hydrogens is 220 g/mol. The van der Waals surface area contributed by atoms with Crippen LogP contribution >= 0.6 is 0 Å². The number of ether oxygens (including phenoxy) is 1. The molecule has 1 N–H and O–H groups in total. The Morgan fingerprint density at radius 1 is 1.47 bits per heavy atom. The molecule has 0 saturated heterocycles. The number of amides is 1. The Morgan fingerprint density at radius 2 is 2.18 bits per heavy atom. The standard InChI is InChI=1S/C12H12N2O3/c1-8-3-4-10(12(16)17-6-5-13)7-11(8)14-9(2)15/h3-4,7H,6H2,1-2H3,(H,14,15). The Hall–Kier alpha value is -2.35. The van der Waals surface area contributed by atoms with Crippen LogP contribution in [0.3, 0.4) is 0 Å². The minimum atomic E-state index is -0.585. The number of anilines is 1. The van der Waals surface area contributed by atoms with Gasteiger partial charge in [-0.2, -0.15) is 5.26 Å². The van der Waals surface area contributed by atoms with E-state index in [4.69, 9.17) is 5.26 Å². The van der Waals surface area contributed by atoms with Crippen LogP contribution in [0.5, 0.6) is 0 Å². The molecule has 17 heavy (non-hydrogen) atoms. The maximum Gasteiger partial charge on any atom is 0.339 e. The molecule has 1 aromatic carbocycles. The zero-order valence-corrected chi connectivity index (χ0v) is 9.61. The molecule has 1 amide bonds. The third-order valence-corrected chi connectivity index (χ3v) is 2.05. The summed E-state index contributed by atoms with van der Waals surface area (Å²) in [6, 6.07) is 6.52. The third-order valence-electron chi connectivity index (χ3n) is 2.05. The summed E-state index contributed by atoms with van der Waals surface area (Å²) >= 11 is 0. The average Bonchev–Trinajstić information content (AvgIpc) is 2.28. The molecule has 0 radical (unpaired) electrons. The SMILES string of the molecule is CC(=O)Nc1cc(C(=O)OCC#N)ccc1C. The molecule has 88 valence electrons. The molecule has 0 atom stereocenters. The van der Waals surface area contributed by atoms with E-state index in [1.807, 2.05) is 6.92 Å². The van der Waals surface area contributed by atoms with Crippen LogP contribution in [-0.2, 0) is 9.53 Å². The first-order valence-electron chi connectivity index (χ1n) is 4.97. The number of nitrogens with zero attached hydrogens (tertiary/aromatic N) is 1. The molecule has 1 rings (SSSR count). The first-order chi connectivity index (χ1) is 8.04. The van der Waals surface area contributed by atoms with Crippen molar-refractivity contribution in [2.24, 2.45) is 0 Å². The van der Waals surface area contributed by atoms with E-state index >= 15 is 0 Å². The Kier molecular flexibility index (Phi) is 4.23. The predicted octanol–water partition coefficient (Wildman–Crippen LogP) is 1.63. The molecule has 0 fully saturated rings. The number of rotatable bonds is 3. The van der Waals surface area contributed by atoms with Gasteiger partial charge in [-0.3, -0.25) is 4.79 Å². The summed E-state index contributed by atoms with van der Waals surface area (Å²) in [6.07, 6.45) is 0. The van der Waals surface area contributed by atoms with E-state index in [1.165, 1.54) is 13.0 Å². The van der Waals surface area contributed by atoms with Crippen LogP contribution in [0.1, 0.15) is 22.8 Å². The number of esters is 1. The van der Waals surface area contributed by atoms with Crippen molar-refractivity contribution in [3.63, 3.8) is 0 Å². The number of benzene rings is 1. The van der Waals surface area contributed by atoms with Gasteiger partial charge in [-0.05, 0) is 24.6 Å². The highest BCUT2D eigenvalue weighted by molar-refractivity contribution is 5.94. The monoisotopic (exact) mass is 232 g/mol. The van der Waals surface area contributed by atoms with E-state index in [0.29, 0.717) is 11.3 Å². The van der Waals surface area contributed by atoms with Crippen LogP contribution in [0.15, 0.2) is 18.2 Å². The van der Waals surface area contributed by atoms with Crippen molar-refractivity contribution in [3.05, 3.63) is 29.3 Å². The summed E-state index contributed by atoms with van der Waals surface area (Å²) in [5, 5.41) is 10.9. The molecule has 0 bridgehead atoms. The molecule has 5 heteroatoms. The van der Waals surface area contributed by atoms with Crippen molar-refractivity contribution in [2.45, 2.75) is 13.8 Å². The van der Waals surface area contributed by atoms with E-state index in [9.17, 15) is 9.59 Å². The maximum atomic E-state index is 11.5. The van der Waals surface area contributed by atoms with Gasteiger partial charge >= 0.3 is 5.97 Å². The van der Waals surface area contributed by atoms with Gasteiger partial charge in [0.05, 0.1) is 5.56 Å². The van der Waals surface area contributed by atoms with E-state index < -0.39 is 5.97 Å². The Bertz CT molecular complexity index is 489. The second kappa shape index (κ2) is 5.66. The Labute approximate surface area is 99.0 Å². The molecule has 0 aliphatic carbocycles. The van der Waals surface area contributed by atoms with Gasteiger partial charge in [0, 0.05) is 12.6 Å². The molecule has 0 spiro atoms. The molecule has 0 heterocycles. The molecular formula is C12H12N2O3. The lowest BCUT2D eigenvalue weighted by Gasteiger charge is -2.08. The van der Waals surface area contributed by atoms with Crippen molar-refractivity contribution in [3.8, 4) is 6.07 Å². The van der Waals surface area contributed by atoms with Gasteiger partial charge in [-0.25, -0.2) is 4.79 Å². The largest absolute Gasteiger partial charge is 0.447 e. The number of hydrogen-bond donors (Lipinski definition) is 1. The van der Waals surface area contributed by atoms with Crippen LogP contribution in [0, 0.1) is 18.3 Å². The molecule has 5 nitrogen and oxygen atoms in total. The van der Waals surface area contributed by atoms with Gasteiger partial charge < -0.3 is 10.1 Å². The van der Waals surface area contributed by atoms with Crippen molar-refractivity contribution >= 4 is 17.6 Å². The number of nitrogens with one attached hydrogen (secondary N) is 1. The molecule has 1 aromatic rings. The zero-order valence-electron chi connectivity index (χ0n) is 9.61. The normalized spacial score (nSPS) is 9.24. The summed E-state index contributed by atoms with van der Waals surface area (Å²) < 4.78 is 4.66. The van der Waals surface area contributed by atoms with Gasteiger partial charge in [0.2, 0.25) is 5.91 Å². The smallest absolute Gasteiger partial charge is 0.339 e. The molecule has 0 aliphatic rings. The molecule has 0 aliphatic heterocycles. The highest BCUT2D eigenvalue weighted by atomic mass is 16.5. The topological polar surface area (TPSA) is 79.2 Å². The summed E-state index contributed by atoms with van der Waals surface area (Å²) in [5.41, 5.74) is 1.70. The number of nitriles is 1. The van der Waals surface area contributed by atoms with Gasteiger partial charge in [-0.1, -0.05) is 6.07 Å². The lowest BCUT2D eigenvalue weighted by atomic mass is 10.1. The predicted molar refractivity (Wildman–Crippen MR) is 61.4 cm³/mol. The quantitative estimate of drug-likeness (QED) is 0.803. The van der Waals surface area contributed by atoms with Crippen LogP contribution in [0.2, 0.25) is 0 Å². The second-order valence-electron chi connectivity index (χ2n) is 3.45. The van der Waals surface area contributed by atoms with E-state index in [0.717, 1.165) is 5.56 Å². The minimum Gasteiger partial charge on any atom is -0.447 e. The van der Waals surface area contributed by atoms with Crippen LogP contribution in [0.25, 0.3) is 0 Å². The number of hydrogen-bond acceptors (Lipinski definition) is 4.